The Morgan fingerprint density at radius 1 is 0.385 bits per heavy atom. The maximum Gasteiger partial charge on any atom is 0.472 e. The largest absolute Gasteiger partial charge is 0.472 e. The van der Waals surface area contributed by atoms with Crippen LogP contribution in [-0.2, 0) is 27.9 Å². The lowest BCUT2D eigenvalue weighted by molar-refractivity contribution is -0.870. The number of phosphoric ester groups is 1. The summed E-state index contributed by atoms with van der Waals surface area (Å²) in [6, 6.07) is -0.857. The summed E-state index contributed by atoms with van der Waals surface area (Å²) in [4.78, 5) is 38.0. The van der Waals surface area contributed by atoms with Crippen LogP contribution in [-0.4, -0.2) is 74.3 Å². The molecular formula is C81H148N2O7P+. The van der Waals surface area contributed by atoms with E-state index < -0.39 is 20.0 Å². The zero-order chi connectivity index (χ0) is 66.3. The number of hydrogen-bond donors (Lipinski definition) is 2. The van der Waals surface area contributed by atoms with Gasteiger partial charge in [0.1, 0.15) is 19.3 Å². The number of unbranched alkanes of at least 4 members (excludes halogenated alkanes) is 40. The Hall–Kier alpha value is -3.07. The molecule has 10 heteroatoms. The van der Waals surface area contributed by atoms with Gasteiger partial charge in [0.05, 0.1) is 33.8 Å². The highest BCUT2D eigenvalue weighted by Gasteiger charge is 2.30. The predicted molar refractivity (Wildman–Crippen MR) is 397 cm³/mol. The Morgan fingerprint density at radius 2 is 0.670 bits per heavy atom. The molecule has 0 heterocycles. The zero-order valence-electron chi connectivity index (χ0n) is 60.6. The number of hydrogen-bond acceptors (Lipinski definition) is 6. The number of carbonyl (C=O) groups is 2. The maximum atomic E-state index is 13.7. The lowest BCUT2D eigenvalue weighted by Crippen LogP contribution is -2.47. The van der Waals surface area contributed by atoms with E-state index in [9.17, 15) is 19.0 Å². The molecule has 528 valence electrons. The summed E-state index contributed by atoms with van der Waals surface area (Å²) in [6.45, 7) is 6.99. The monoisotopic (exact) mass is 1290 g/mol. The van der Waals surface area contributed by atoms with Crippen molar-refractivity contribution in [2.45, 2.75) is 367 Å². The average Bonchev–Trinajstić information content (AvgIpc) is 3.73. The van der Waals surface area contributed by atoms with Gasteiger partial charge in [-0.1, -0.05) is 324 Å². The van der Waals surface area contributed by atoms with Crippen LogP contribution in [0.25, 0.3) is 0 Å². The SMILES string of the molecule is CCCCC/C=C\C/C=C\C/C=C\C/C=C\CCCCCCCCCCCCCC(=O)OC(/C=C/CCCCCCCCCCCCC)C(COP(=O)(O)OCC[N+](C)(C)C)NC(=O)CCCCCCCCCCCCCC/C=C\C/C=C\C/C=C\CCCCC. The number of nitrogens with one attached hydrogen (secondary N) is 1. The second kappa shape index (κ2) is 69.8. The summed E-state index contributed by atoms with van der Waals surface area (Å²) < 4.78 is 30.9. The van der Waals surface area contributed by atoms with E-state index in [1.165, 1.54) is 231 Å². The molecule has 0 saturated carbocycles. The molecule has 0 aromatic carbocycles. The Labute approximate surface area is 564 Å². The summed E-state index contributed by atoms with van der Waals surface area (Å²) in [5.41, 5.74) is 0. The third-order valence-corrected chi connectivity index (χ3v) is 18.0. The maximum absolute atomic E-state index is 13.7. The van der Waals surface area contributed by atoms with Gasteiger partial charge >= 0.3 is 13.8 Å². The Kier molecular flexibility index (Phi) is 67.4. The van der Waals surface area contributed by atoms with E-state index in [1.807, 2.05) is 33.3 Å². The first-order valence-electron chi connectivity index (χ1n) is 38.6. The molecule has 0 aliphatic rings. The van der Waals surface area contributed by atoms with Gasteiger partial charge in [-0.05, 0) is 115 Å². The van der Waals surface area contributed by atoms with Gasteiger partial charge in [-0.15, -0.1) is 0 Å². The van der Waals surface area contributed by atoms with Gasteiger partial charge < -0.3 is 19.4 Å². The van der Waals surface area contributed by atoms with Crippen molar-refractivity contribution < 1.29 is 37.3 Å². The second-order valence-corrected chi connectivity index (χ2v) is 28.6. The van der Waals surface area contributed by atoms with Crippen molar-refractivity contribution in [1.29, 1.82) is 0 Å². The fourth-order valence-electron chi connectivity index (χ4n) is 11.1. The third-order valence-electron chi connectivity index (χ3n) is 17.0. The van der Waals surface area contributed by atoms with Gasteiger partial charge in [0, 0.05) is 12.8 Å². The normalized spacial score (nSPS) is 14.0. The third kappa shape index (κ3) is 71.1. The average molecular weight is 1290 g/mol. The second-order valence-electron chi connectivity index (χ2n) is 27.2. The van der Waals surface area contributed by atoms with Gasteiger partial charge in [-0.25, -0.2) is 4.57 Å². The summed E-state index contributed by atoms with van der Waals surface area (Å²) in [5, 5.41) is 3.08. The molecule has 0 saturated heterocycles. The van der Waals surface area contributed by atoms with Crippen LogP contribution in [0.4, 0.5) is 0 Å². The highest BCUT2D eigenvalue weighted by Crippen LogP contribution is 2.43. The van der Waals surface area contributed by atoms with Crippen LogP contribution in [0.15, 0.2) is 97.2 Å². The molecule has 2 N–H and O–H groups in total. The fraction of sp³-hybridized carbons (Fsp3) is 0.778. The van der Waals surface area contributed by atoms with Gasteiger partial charge in [0.15, 0.2) is 0 Å². The van der Waals surface area contributed by atoms with Crippen molar-refractivity contribution in [3.05, 3.63) is 97.2 Å². The summed E-state index contributed by atoms with van der Waals surface area (Å²) in [5.74, 6) is -0.502. The van der Waals surface area contributed by atoms with Gasteiger partial charge in [-0.2, -0.15) is 0 Å². The van der Waals surface area contributed by atoms with Crippen molar-refractivity contribution in [3.8, 4) is 0 Å². The number of quaternary nitrogens is 1. The van der Waals surface area contributed by atoms with E-state index in [1.54, 1.807) is 0 Å². The first kappa shape index (κ1) is 87.9. The number of ether oxygens (including phenoxy) is 1. The Balaban J connectivity index is 5.03. The van der Waals surface area contributed by atoms with E-state index in [2.05, 4.69) is 111 Å². The van der Waals surface area contributed by atoms with Crippen LogP contribution in [0.3, 0.4) is 0 Å². The molecule has 91 heavy (non-hydrogen) atoms. The minimum absolute atomic E-state index is 0.0367. The van der Waals surface area contributed by atoms with Crippen LogP contribution < -0.4 is 5.32 Å². The van der Waals surface area contributed by atoms with Crippen LogP contribution in [0, 0.1) is 0 Å². The zero-order valence-corrected chi connectivity index (χ0v) is 61.5. The smallest absolute Gasteiger partial charge is 0.456 e. The molecule has 0 spiro atoms. The molecule has 0 radical (unpaired) electrons. The molecule has 0 aromatic rings. The Morgan fingerprint density at radius 3 is 1.02 bits per heavy atom. The lowest BCUT2D eigenvalue weighted by Gasteiger charge is -2.27. The van der Waals surface area contributed by atoms with Crippen molar-refractivity contribution in [1.82, 2.24) is 5.32 Å². The van der Waals surface area contributed by atoms with E-state index in [0.29, 0.717) is 17.4 Å². The molecule has 1 amide bonds. The van der Waals surface area contributed by atoms with Gasteiger partial charge in [-0.3, -0.25) is 18.6 Å². The number of esters is 1. The van der Waals surface area contributed by atoms with Crippen LogP contribution in [0.5, 0.6) is 0 Å². The first-order valence-corrected chi connectivity index (χ1v) is 40.1. The number of allylic oxidation sites excluding steroid dienone is 15. The standard InChI is InChI=1S/C81H147N2O7P/c1-7-10-13-16-19-22-25-28-30-32-34-36-38-40-41-43-45-47-49-51-53-56-59-62-65-68-71-74-81(85)90-79(72-69-66-63-60-57-54-27-24-21-18-15-12-9-3)78(77-89-91(86,87)88-76-75-83(4,5)6)82-80(84)73-70-67-64-61-58-55-52-50-48-46-44-42-39-37-35-33-31-29-26-23-20-17-14-11-8-2/h19-20,22-23,28-31,34-37,40-41,69,72,78-79H,7-18,21,24-27,32-33,38-39,42-68,70-71,73-77H2,1-6H3,(H-,82,84,86,87)/p+1/b22-19-,23-20-,30-28-,31-29-,36-34-,37-35-,41-40-,72-69+. The summed E-state index contributed by atoms with van der Waals surface area (Å²) >= 11 is 0. The molecule has 0 aliphatic heterocycles. The highest BCUT2D eigenvalue weighted by atomic mass is 31.2. The highest BCUT2D eigenvalue weighted by molar-refractivity contribution is 7.47. The number of carbonyl (C=O) groups excluding carboxylic acids is 2. The Bertz CT molecular complexity index is 1880. The summed E-state index contributed by atoms with van der Waals surface area (Å²) in [6.07, 6.45) is 95.6. The fourth-order valence-corrected chi connectivity index (χ4v) is 11.8. The van der Waals surface area contributed by atoms with E-state index >= 15 is 0 Å². The molecule has 0 rings (SSSR count). The van der Waals surface area contributed by atoms with E-state index in [0.717, 1.165) is 89.9 Å². The quantitative estimate of drug-likeness (QED) is 0.0205. The number of amides is 1. The van der Waals surface area contributed by atoms with Crippen molar-refractivity contribution >= 4 is 19.7 Å². The molecule has 0 aromatic heterocycles. The minimum atomic E-state index is -4.46. The van der Waals surface area contributed by atoms with Crippen molar-refractivity contribution in [3.63, 3.8) is 0 Å². The molecule has 9 nitrogen and oxygen atoms in total. The first-order chi connectivity index (χ1) is 44.4. The van der Waals surface area contributed by atoms with E-state index in [-0.39, 0.29) is 31.5 Å². The number of phosphoric acid groups is 1. The topological polar surface area (TPSA) is 111 Å². The molecule has 0 bridgehead atoms. The van der Waals surface area contributed by atoms with Gasteiger partial charge in [0.2, 0.25) is 5.91 Å². The van der Waals surface area contributed by atoms with Crippen LogP contribution in [0.2, 0.25) is 0 Å². The van der Waals surface area contributed by atoms with Crippen LogP contribution >= 0.6 is 7.82 Å². The molecule has 0 aliphatic carbocycles. The van der Waals surface area contributed by atoms with Crippen LogP contribution in [0.1, 0.15) is 355 Å². The summed E-state index contributed by atoms with van der Waals surface area (Å²) in [7, 11) is 1.49. The predicted octanol–water partition coefficient (Wildman–Crippen LogP) is 25.0. The molecule has 3 unspecified atom stereocenters. The number of likely N-dealkylation sites (N-methyl/N-ethyl adjacent to an activating group) is 1. The van der Waals surface area contributed by atoms with Gasteiger partial charge in [0.25, 0.3) is 0 Å². The minimum Gasteiger partial charge on any atom is -0.456 e. The molecule has 0 fully saturated rings. The molecular weight excluding hydrogens is 1140 g/mol. The van der Waals surface area contributed by atoms with Crippen molar-refractivity contribution in [2.24, 2.45) is 0 Å². The van der Waals surface area contributed by atoms with Crippen molar-refractivity contribution in [2.75, 3.05) is 40.9 Å². The number of nitrogens with zero attached hydrogens (tertiary/aromatic N) is 1. The molecule has 3 atom stereocenters. The van der Waals surface area contributed by atoms with E-state index in [4.69, 9.17) is 13.8 Å². The lowest BCUT2D eigenvalue weighted by atomic mass is 10.0. The number of rotatable bonds is 70.